The monoisotopic (exact) mass is 431 g/mol. The number of benzene rings is 3. The van der Waals surface area contributed by atoms with Gasteiger partial charge >= 0.3 is 0 Å². The van der Waals surface area contributed by atoms with Gasteiger partial charge in [0.05, 0.1) is 18.1 Å². The number of carbonyl (C=O) groups excluding carboxylic acids is 1. The molecule has 1 fully saturated rings. The summed E-state index contributed by atoms with van der Waals surface area (Å²) in [6.45, 7) is 3.51. The van der Waals surface area contributed by atoms with Crippen LogP contribution in [0.25, 0.3) is 0 Å². The third-order valence-electron chi connectivity index (χ3n) is 5.63. The van der Waals surface area contributed by atoms with E-state index in [0.717, 1.165) is 24.3 Å². The number of rotatable bonds is 7. The third kappa shape index (κ3) is 4.63. The average Bonchev–Trinajstić information content (AvgIpc) is 2.84. The Balaban J connectivity index is 1.61. The standard InChI is InChI=1S/C25H25N3O4/c1-26(18-21-9-5-6-10-22(21)27-13-15-32-16-14-27)23-12-11-20(17-24(23)28(30)31)25(29)19-7-3-2-4-8-19/h2-12,17H,13-16,18H2,1H3. The molecule has 0 aliphatic carbocycles. The predicted octanol–water partition coefficient (Wildman–Crippen LogP) is 4.30. The van der Waals surface area contributed by atoms with E-state index in [-0.39, 0.29) is 11.5 Å². The van der Waals surface area contributed by atoms with E-state index in [1.807, 2.05) is 36.2 Å². The van der Waals surface area contributed by atoms with Crippen molar-refractivity contribution in [1.29, 1.82) is 0 Å². The third-order valence-corrected chi connectivity index (χ3v) is 5.63. The molecule has 4 rings (SSSR count). The fourth-order valence-electron chi connectivity index (χ4n) is 3.99. The molecule has 32 heavy (non-hydrogen) atoms. The van der Waals surface area contributed by atoms with Gasteiger partial charge in [-0.2, -0.15) is 0 Å². The highest BCUT2D eigenvalue weighted by atomic mass is 16.6. The number of ketones is 1. The predicted molar refractivity (Wildman–Crippen MR) is 125 cm³/mol. The van der Waals surface area contributed by atoms with E-state index in [0.29, 0.717) is 36.6 Å². The first-order chi connectivity index (χ1) is 15.5. The summed E-state index contributed by atoms with van der Waals surface area (Å²) in [6.07, 6.45) is 0. The van der Waals surface area contributed by atoms with Gasteiger partial charge in [-0.15, -0.1) is 0 Å². The summed E-state index contributed by atoms with van der Waals surface area (Å²) in [5.41, 5.74) is 3.38. The number of nitro benzene ring substituents is 1. The number of ether oxygens (including phenoxy) is 1. The minimum Gasteiger partial charge on any atom is -0.378 e. The van der Waals surface area contributed by atoms with E-state index in [2.05, 4.69) is 11.0 Å². The lowest BCUT2D eigenvalue weighted by Gasteiger charge is -2.31. The smallest absolute Gasteiger partial charge is 0.293 e. The van der Waals surface area contributed by atoms with Crippen LogP contribution in [0.3, 0.4) is 0 Å². The van der Waals surface area contributed by atoms with E-state index >= 15 is 0 Å². The highest BCUT2D eigenvalue weighted by Crippen LogP contribution is 2.32. The minimum absolute atomic E-state index is 0.0851. The van der Waals surface area contributed by atoms with Crippen molar-refractivity contribution in [2.75, 3.05) is 43.2 Å². The first-order valence-electron chi connectivity index (χ1n) is 10.5. The van der Waals surface area contributed by atoms with Crippen molar-refractivity contribution in [3.8, 4) is 0 Å². The lowest BCUT2D eigenvalue weighted by atomic mass is 10.0. The molecule has 7 heteroatoms. The summed E-state index contributed by atoms with van der Waals surface area (Å²) >= 11 is 0. The van der Waals surface area contributed by atoms with Gasteiger partial charge < -0.3 is 14.5 Å². The number of para-hydroxylation sites is 1. The first kappa shape index (κ1) is 21.5. The van der Waals surface area contributed by atoms with Crippen molar-refractivity contribution in [2.45, 2.75) is 6.54 Å². The molecule has 3 aromatic rings. The van der Waals surface area contributed by atoms with Crippen LogP contribution in [-0.2, 0) is 11.3 Å². The van der Waals surface area contributed by atoms with E-state index in [1.54, 1.807) is 36.4 Å². The molecule has 0 aromatic heterocycles. The highest BCUT2D eigenvalue weighted by molar-refractivity contribution is 6.09. The number of nitro groups is 1. The van der Waals surface area contributed by atoms with E-state index in [1.165, 1.54) is 6.07 Å². The summed E-state index contributed by atoms with van der Waals surface area (Å²) in [5.74, 6) is -0.236. The van der Waals surface area contributed by atoms with Gasteiger partial charge in [-0.3, -0.25) is 14.9 Å². The fraction of sp³-hybridized carbons (Fsp3) is 0.240. The van der Waals surface area contributed by atoms with E-state index in [9.17, 15) is 14.9 Å². The molecule has 0 N–H and O–H groups in total. The summed E-state index contributed by atoms with van der Waals surface area (Å²) in [5, 5.41) is 11.8. The largest absolute Gasteiger partial charge is 0.378 e. The molecule has 0 radical (unpaired) electrons. The number of carbonyl (C=O) groups is 1. The molecule has 164 valence electrons. The fourth-order valence-corrected chi connectivity index (χ4v) is 3.99. The van der Waals surface area contributed by atoms with Crippen LogP contribution in [0.15, 0.2) is 72.8 Å². The number of anilines is 2. The molecule has 1 aliphatic rings. The second-order valence-corrected chi connectivity index (χ2v) is 7.74. The van der Waals surface area contributed by atoms with Crippen molar-refractivity contribution >= 4 is 22.8 Å². The number of hydrogen-bond acceptors (Lipinski definition) is 6. The van der Waals surface area contributed by atoms with Crippen molar-refractivity contribution in [3.05, 3.63) is 99.6 Å². The molecule has 1 heterocycles. The Labute approximate surface area is 187 Å². The molecule has 3 aromatic carbocycles. The molecular weight excluding hydrogens is 406 g/mol. The molecule has 0 spiro atoms. The molecular formula is C25H25N3O4. The van der Waals surface area contributed by atoms with Crippen LogP contribution in [0.2, 0.25) is 0 Å². The second-order valence-electron chi connectivity index (χ2n) is 7.74. The molecule has 0 saturated carbocycles. The van der Waals surface area contributed by atoms with Crippen molar-refractivity contribution in [3.63, 3.8) is 0 Å². The summed E-state index contributed by atoms with van der Waals surface area (Å²) < 4.78 is 5.46. The summed E-state index contributed by atoms with van der Waals surface area (Å²) in [4.78, 5) is 28.3. The molecule has 0 amide bonds. The van der Waals surface area contributed by atoms with Gasteiger partial charge in [0.1, 0.15) is 5.69 Å². The lowest BCUT2D eigenvalue weighted by molar-refractivity contribution is -0.384. The Bertz CT molecular complexity index is 1110. The lowest BCUT2D eigenvalue weighted by Crippen LogP contribution is -2.37. The van der Waals surface area contributed by atoms with Crippen LogP contribution >= 0.6 is 0 Å². The maximum absolute atomic E-state index is 12.8. The van der Waals surface area contributed by atoms with Gasteiger partial charge in [0.15, 0.2) is 5.78 Å². The minimum atomic E-state index is -0.429. The number of hydrogen-bond donors (Lipinski definition) is 0. The van der Waals surface area contributed by atoms with Gasteiger partial charge in [-0.1, -0.05) is 48.5 Å². The Morgan fingerprint density at radius 2 is 1.69 bits per heavy atom. The molecule has 7 nitrogen and oxygen atoms in total. The number of morpholine rings is 1. The van der Waals surface area contributed by atoms with Crippen LogP contribution < -0.4 is 9.80 Å². The van der Waals surface area contributed by atoms with E-state index < -0.39 is 4.92 Å². The summed E-state index contributed by atoms with van der Waals surface area (Å²) in [6, 6.07) is 21.6. The maximum atomic E-state index is 12.8. The van der Waals surface area contributed by atoms with Gasteiger partial charge in [0.25, 0.3) is 5.69 Å². The van der Waals surface area contributed by atoms with Gasteiger partial charge in [-0.25, -0.2) is 0 Å². The zero-order valence-corrected chi connectivity index (χ0v) is 17.9. The Morgan fingerprint density at radius 1 is 1.00 bits per heavy atom. The van der Waals surface area contributed by atoms with Crippen molar-refractivity contribution in [1.82, 2.24) is 0 Å². The molecule has 0 unspecified atom stereocenters. The molecule has 1 aliphatic heterocycles. The quantitative estimate of drug-likeness (QED) is 0.315. The van der Waals surface area contributed by atoms with Crippen LogP contribution in [0.4, 0.5) is 17.1 Å². The second kappa shape index (κ2) is 9.62. The van der Waals surface area contributed by atoms with Gasteiger partial charge in [0.2, 0.25) is 0 Å². The Morgan fingerprint density at radius 3 is 2.41 bits per heavy atom. The zero-order chi connectivity index (χ0) is 22.5. The molecule has 0 bridgehead atoms. The van der Waals surface area contributed by atoms with Gasteiger partial charge in [0, 0.05) is 49.6 Å². The molecule has 1 saturated heterocycles. The van der Waals surface area contributed by atoms with Crippen LogP contribution in [-0.4, -0.2) is 44.1 Å². The average molecular weight is 431 g/mol. The topological polar surface area (TPSA) is 75.9 Å². The van der Waals surface area contributed by atoms with Crippen LogP contribution in [0.5, 0.6) is 0 Å². The normalized spacial score (nSPS) is 13.6. The highest BCUT2D eigenvalue weighted by Gasteiger charge is 2.22. The van der Waals surface area contributed by atoms with Crippen LogP contribution in [0.1, 0.15) is 21.5 Å². The summed E-state index contributed by atoms with van der Waals surface area (Å²) in [7, 11) is 1.83. The van der Waals surface area contributed by atoms with Gasteiger partial charge in [-0.05, 0) is 23.8 Å². The van der Waals surface area contributed by atoms with Crippen LogP contribution in [0, 0.1) is 10.1 Å². The van der Waals surface area contributed by atoms with Crippen molar-refractivity contribution < 1.29 is 14.5 Å². The Hall–Kier alpha value is -3.71. The first-order valence-corrected chi connectivity index (χ1v) is 10.5. The van der Waals surface area contributed by atoms with E-state index in [4.69, 9.17) is 4.74 Å². The zero-order valence-electron chi connectivity index (χ0n) is 17.9. The maximum Gasteiger partial charge on any atom is 0.293 e. The van der Waals surface area contributed by atoms with Crippen molar-refractivity contribution in [2.24, 2.45) is 0 Å². The Kier molecular flexibility index (Phi) is 6.47. The SMILES string of the molecule is CN(Cc1ccccc1N1CCOCC1)c1ccc(C(=O)c2ccccc2)cc1[N+](=O)[O-]. The molecule has 0 atom stereocenters. The number of nitrogens with zero attached hydrogens (tertiary/aromatic N) is 3.